The molecule has 0 aliphatic carbocycles. The van der Waals surface area contributed by atoms with E-state index in [1.165, 1.54) is 15.4 Å². The molecule has 2 aromatic carbocycles. The van der Waals surface area contributed by atoms with Gasteiger partial charge in [0.25, 0.3) is 0 Å². The van der Waals surface area contributed by atoms with Crippen LogP contribution in [0, 0.1) is 0 Å². The van der Waals surface area contributed by atoms with Crippen LogP contribution in [0.4, 0.5) is 0 Å². The van der Waals surface area contributed by atoms with Gasteiger partial charge in [0.05, 0.1) is 0 Å². The molecule has 88 valence electrons. The third-order valence-corrected chi connectivity index (χ3v) is 4.33. The van der Waals surface area contributed by atoms with Gasteiger partial charge in [0, 0.05) is 19.3 Å². The Bertz CT molecular complexity index is 508. The van der Waals surface area contributed by atoms with E-state index in [4.69, 9.17) is 11.6 Å². The molecule has 0 fully saturated rings. The van der Waals surface area contributed by atoms with Crippen LogP contribution < -0.4 is 0 Å². The fourth-order valence-electron chi connectivity index (χ4n) is 1.55. The zero-order valence-electron chi connectivity index (χ0n) is 9.41. The molecule has 0 nitrogen and oxygen atoms in total. The lowest BCUT2D eigenvalue weighted by molar-refractivity contribution is 1.08. The van der Waals surface area contributed by atoms with Gasteiger partial charge in [0.15, 0.2) is 0 Å². The number of aryl methyl sites for hydroxylation is 1. The molecular weight excluding hydrogens is 316 g/mol. The highest BCUT2D eigenvalue weighted by Gasteiger charge is 2.04. The van der Waals surface area contributed by atoms with Crippen LogP contribution in [-0.2, 0) is 6.42 Å². The van der Waals surface area contributed by atoms with Crippen molar-refractivity contribution in [3.8, 4) is 0 Å². The Morgan fingerprint density at radius 3 is 2.47 bits per heavy atom. The normalized spacial score (nSPS) is 10.5. The van der Waals surface area contributed by atoms with Crippen molar-refractivity contribution in [1.29, 1.82) is 0 Å². The van der Waals surface area contributed by atoms with Gasteiger partial charge in [-0.3, -0.25) is 0 Å². The Balaban J connectivity index is 2.26. The van der Waals surface area contributed by atoms with Crippen molar-refractivity contribution in [3.63, 3.8) is 0 Å². The molecule has 0 saturated heterocycles. The van der Waals surface area contributed by atoms with Crippen molar-refractivity contribution in [2.24, 2.45) is 0 Å². The highest BCUT2D eigenvalue weighted by Crippen LogP contribution is 2.32. The molecule has 17 heavy (non-hydrogen) atoms. The molecule has 2 rings (SSSR count). The first-order valence-electron chi connectivity index (χ1n) is 5.41. The Hall–Kier alpha value is -0.440. The summed E-state index contributed by atoms with van der Waals surface area (Å²) >= 11 is 11.2. The molecule has 3 heteroatoms. The second-order valence-electron chi connectivity index (χ2n) is 3.66. The maximum absolute atomic E-state index is 6.00. The summed E-state index contributed by atoms with van der Waals surface area (Å²) in [5.41, 5.74) is 1.30. The number of rotatable bonds is 3. The van der Waals surface area contributed by atoms with E-state index in [9.17, 15) is 0 Å². The lowest BCUT2D eigenvalue weighted by atomic mass is 10.2. The summed E-state index contributed by atoms with van der Waals surface area (Å²) in [4.78, 5) is 2.52. The van der Waals surface area contributed by atoms with Crippen molar-refractivity contribution < 1.29 is 0 Å². The zero-order valence-corrected chi connectivity index (χ0v) is 12.6. The van der Waals surface area contributed by atoms with E-state index in [2.05, 4.69) is 53.2 Å². The zero-order chi connectivity index (χ0) is 12.3. The number of benzene rings is 2. The molecule has 0 spiro atoms. The fraction of sp³-hybridized carbons (Fsp3) is 0.143. The Labute approximate surface area is 120 Å². The summed E-state index contributed by atoms with van der Waals surface area (Å²) in [6.07, 6.45) is 0.999. The summed E-state index contributed by atoms with van der Waals surface area (Å²) in [6, 6.07) is 14.4. The first-order valence-corrected chi connectivity index (χ1v) is 7.39. The molecule has 0 saturated carbocycles. The number of halogens is 2. The minimum Gasteiger partial charge on any atom is -0.0898 e. The van der Waals surface area contributed by atoms with Crippen LogP contribution in [0.5, 0.6) is 0 Å². The average molecular weight is 328 g/mol. The summed E-state index contributed by atoms with van der Waals surface area (Å²) < 4.78 is 1.11. The molecular formula is C14H12BrClS. The third-order valence-electron chi connectivity index (χ3n) is 2.44. The highest BCUT2D eigenvalue weighted by molar-refractivity contribution is 9.10. The fourth-order valence-corrected chi connectivity index (χ4v) is 3.01. The summed E-state index contributed by atoms with van der Waals surface area (Å²) in [6.45, 7) is 2.15. The first kappa shape index (κ1) is 13.0. The molecule has 0 aliphatic rings. The van der Waals surface area contributed by atoms with Gasteiger partial charge in [-0.1, -0.05) is 46.2 Å². The van der Waals surface area contributed by atoms with Gasteiger partial charge in [-0.15, -0.1) is 0 Å². The Morgan fingerprint density at radius 1 is 1.12 bits per heavy atom. The van der Waals surface area contributed by atoms with Crippen LogP contribution in [0.2, 0.25) is 5.02 Å². The largest absolute Gasteiger partial charge is 0.0898 e. The summed E-state index contributed by atoms with van der Waals surface area (Å²) in [5, 5.41) is 0.807. The molecule has 0 aliphatic heterocycles. The van der Waals surface area contributed by atoms with Crippen LogP contribution in [-0.4, -0.2) is 0 Å². The van der Waals surface area contributed by atoms with E-state index in [-0.39, 0.29) is 0 Å². The maximum Gasteiger partial charge on any atom is 0.0409 e. The molecule has 0 atom stereocenters. The van der Waals surface area contributed by atoms with Crippen molar-refractivity contribution >= 4 is 39.3 Å². The second kappa shape index (κ2) is 5.94. The van der Waals surface area contributed by atoms with Crippen molar-refractivity contribution in [1.82, 2.24) is 0 Å². The second-order valence-corrected chi connectivity index (χ2v) is 6.13. The molecule has 0 N–H and O–H groups in total. The average Bonchev–Trinajstić information content (AvgIpc) is 2.34. The van der Waals surface area contributed by atoms with Gasteiger partial charge in [0.2, 0.25) is 0 Å². The summed E-state index contributed by atoms with van der Waals surface area (Å²) in [7, 11) is 0. The predicted octanol–water partition coefficient (Wildman–Crippen LogP) is 5.82. The monoisotopic (exact) mass is 326 g/mol. The first-order chi connectivity index (χ1) is 8.19. The van der Waals surface area contributed by atoms with Gasteiger partial charge in [0.1, 0.15) is 0 Å². The van der Waals surface area contributed by atoms with Crippen molar-refractivity contribution in [3.05, 3.63) is 57.5 Å². The molecule has 0 aromatic heterocycles. The smallest absolute Gasteiger partial charge is 0.0409 e. The van der Waals surface area contributed by atoms with Crippen molar-refractivity contribution in [2.75, 3.05) is 0 Å². The number of hydrogen-bond donors (Lipinski definition) is 0. The van der Waals surface area contributed by atoms with Crippen molar-refractivity contribution in [2.45, 2.75) is 23.1 Å². The molecule has 0 amide bonds. The Morgan fingerprint density at radius 2 is 1.82 bits per heavy atom. The third kappa shape index (κ3) is 3.51. The maximum atomic E-state index is 6.00. The molecule has 0 unspecified atom stereocenters. The van der Waals surface area contributed by atoms with E-state index >= 15 is 0 Å². The van der Waals surface area contributed by atoms with E-state index in [0.717, 1.165) is 15.9 Å². The minimum atomic E-state index is 0.807. The lowest BCUT2D eigenvalue weighted by Crippen LogP contribution is -1.85. The SMILES string of the molecule is CCc1cc(Cl)ccc1Sc1ccc(Br)cc1. The van der Waals surface area contributed by atoms with Crippen LogP contribution >= 0.6 is 39.3 Å². The predicted molar refractivity (Wildman–Crippen MR) is 79.1 cm³/mol. The van der Waals surface area contributed by atoms with Crippen LogP contribution in [0.1, 0.15) is 12.5 Å². The van der Waals surface area contributed by atoms with E-state index < -0.39 is 0 Å². The topological polar surface area (TPSA) is 0 Å². The van der Waals surface area contributed by atoms with E-state index in [1.54, 1.807) is 11.8 Å². The molecule has 0 heterocycles. The van der Waals surface area contributed by atoms with Crippen LogP contribution in [0.3, 0.4) is 0 Å². The molecule has 0 bridgehead atoms. The van der Waals surface area contributed by atoms with Gasteiger partial charge < -0.3 is 0 Å². The van der Waals surface area contributed by atoms with Gasteiger partial charge >= 0.3 is 0 Å². The van der Waals surface area contributed by atoms with Crippen LogP contribution in [0.25, 0.3) is 0 Å². The van der Waals surface area contributed by atoms with Gasteiger partial charge in [-0.05, 0) is 54.4 Å². The van der Waals surface area contributed by atoms with E-state index in [0.29, 0.717) is 0 Å². The molecule has 0 radical (unpaired) electrons. The lowest BCUT2D eigenvalue weighted by Gasteiger charge is -2.08. The highest BCUT2D eigenvalue weighted by atomic mass is 79.9. The minimum absolute atomic E-state index is 0.807. The van der Waals surface area contributed by atoms with E-state index in [1.807, 2.05) is 12.1 Å². The van der Waals surface area contributed by atoms with Gasteiger partial charge in [-0.2, -0.15) is 0 Å². The summed E-state index contributed by atoms with van der Waals surface area (Å²) in [5.74, 6) is 0. The van der Waals surface area contributed by atoms with Crippen LogP contribution in [0.15, 0.2) is 56.7 Å². The Kier molecular flexibility index (Phi) is 4.55. The quantitative estimate of drug-likeness (QED) is 0.685. The molecule has 2 aromatic rings. The number of hydrogen-bond acceptors (Lipinski definition) is 1. The standard InChI is InChI=1S/C14H12BrClS/c1-2-10-9-12(16)5-8-14(10)17-13-6-3-11(15)4-7-13/h3-9H,2H2,1H3. The van der Waals surface area contributed by atoms with Gasteiger partial charge in [-0.25, -0.2) is 0 Å².